The maximum absolute atomic E-state index is 10.1. The maximum Gasteiger partial charge on any atom is 0.0824 e. The Balaban J connectivity index is 1.75. The van der Waals surface area contributed by atoms with Crippen molar-refractivity contribution in [3.8, 4) is 0 Å². The molecule has 0 unspecified atom stereocenters. The molecule has 0 radical (unpaired) electrons. The Labute approximate surface area is 176 Å². The van der Waals surface area contributed by atoms with Gasteiger partial charge >= 0.3 is 0 Å². The van der Waals surface area contributed by atoms with Gasteiger partial charge in [0.05, 0.1) is 30.5 Å². The van der Waals surface area contributed by atoms with Crippen molar-refractivity contribution in [2.75, 3.05) is 6.61 Å². The predicted molar refractivity (Wildman–Crippen MR) is 116 cm³/mol. The van der Waals surface area contributed by atoms with Crippen LogP contribution in [0.25, 0.3) is 0 Å². The Morgan fingerprint density at radius 1 is 1.28 bits per heavy atom. The van der Waals surface area contributed by atoms with E-state index in [1.165, 1.54) is 24.8 Å². The zero-order valence-electron chi connectivity index (χ0n) is 18.7. The average molecular weight is 405 g/mol. The lowest BCUT2D eigenvalue weighted by Crippen LogP contribution is -2.40. The van der Waals surface area contributed by atoms with Crippen molar-refractivity contribution in [3.63, 3.8) is 0 Å². The first kappa shape index (κ1) is 22.7. The van der Waals surface area contributed by atoms with Gasteiger partial charge in [0.1, 0.15) is 0 Å². The highest BCUT2D eigenvalue weighted by Gasteiger charge is 2.51. The summed E-state index contributed by atoms with van der Waals surface area (Å²) in [6.07, 6.45) is 10.2. The van der Waals surface area contributed by atoms with Crippen molar-refractivity contribution >= 4 is 0 Å². The molecule has 3 rings (SSSR count). The summed E-state index contributed by atoms with van der Waals surface area (Å²) in [4.78, 5) is 0. The van der Waals surface area contributed by atoms with Crippen LogP contribution >= 0.6 is 0 Å². The van der Waals surface area contributed by atoms with Crippen LogP contribution in [0, 0.1) is 17.3 Å². The maximum atomic E-state index is 10.1. The molecular formula is C25H40O4. The van der Waals surface area contributed by atoms with Crippen LogP contribution in [-0.2, 0) is 4.74 Å². The first-order chi connectivity index (χ1) is 13.5. The second-order valence-electron chi connectivity index (χ2n) is 10.5. The summed E-state index contributed by atoms with van der Waals surface area (Å²) in [6.45, 7) is 12.6. The third-order valence-electron chi connectivity index (χ3n) is 7.57. The molecule has 0 bridgehead atoms. The van der Waals surface area contributed by atoms with Crippen molar-refractivity contribution < 1.29 is 20.1 Å². The monoisotopic (exact) mass is 404 g/mol. The zero-order chi connectivity index (χ0) is 21.4. The van der Waals surface area contributed by atoms with Gasteiger partial charge in [-0.15, -0.1) is 0 Å². The number of hydrogen-bond acceptors (Lipinski definition) is 4. The third kappa shape index (κ3) is 5.04. The molecule has 4 heteroatoms. The van der Waals surface area contributed by atoms with Gasteiger partial charge < -0.3 is 20.1 Å². The third-order valence-corrected chi connectivity index (χ3v) is 7.57. The van der Waals surface area contributed by atoms with E-state index in [9.17, 15) is 15.3 Å². The summed E-state index contributed by atoms with van der Waals surface area (Å²) < 4.78 is 6.08. The van der Waals surface area contributed by atoms with Crippen molar-refractivity contribution in [2.45, 2.75) is 96.6 Å². The van der Waals surface area contributed by atoms with Crippen LogP contribution in [0.3, 0.4) is 0 Å². The van der Waals surface area contributed by atoms with Gasteiger partial charge in [-0.1, -0.05) is 31.2 Å². The topological polar surface area (TPSA) is 69.9 Å². The molecule has 6 atom stereocenters. The predicted octanol–water partition coefficient (Wildman–Crippen LogP) is 4.30. The van der Waals surface area contributed by atoms with Crippen LogP contribution in [0.1, 0.15) is 72.6 Å². The smallest absolute Gasteiger partial charge is 0.0824 e. The fourth-order valence-corrected chi connectivity index (χ4v) is 5.97. The molecule has 0 amide bonds. The van der Waals surface area contributed by atoms with Crippen LogP contribution in [0.5, 0.6) is 0 Å². The minimum atomic E-state index is -0.797. The largest absolute Gasteiger partial charge is 0.393 e. The average Bonchev–Trinajstić information content (AvgIpc) is 2.98. The molecule has 3 saturated carbocycles. The molecule has 0 aromatic heterocycles. The summed E-state index contributed by atoms with van der Waals surface area (Å²) in [5.41, 5.74) is 2.65. The minimum Gasteiger partial charge on any atom is -0.393 e. The normalized spacial score (nSPS) is 39.8. The lowest BCUT2D eigenvalue weighted by atomic mass is 9.62. The number of fused-ring (bicyclic) bond motifs is 1. The molecule has 3 aliphatic rings. The Hall–Kier alpha value is -0.940. The van der Waals surface area contributed by atoms with Crippen molar-refractivity contribution in [1.82, 2.24) is 0 Å². The molecular weight excluding hydrogens is 364 g/mol. The van der Waals surface area contributed by atoms with E-state index in [4.69, 9.17) is 4.74 Å². The van der Waals surface area contributed by atoms with E-state index in [0.29, 0.717) is 31.3 Å². The lowest BCUT2D eigenvalue weighted by molar-refractivity contribution is -0.0837. The fraction of sp³-hybridized carbons (Fsp3) is 0.760. The molecule has 3 aliphatic carbocycles. The van der Waals surface area contributed by atoms with Crippen molar-refractivity contribution in [3.05, 3.63) is 35.5 Å². The van der Waals surface area contributed by atoms with E-state index in [1.807, 2.05) is 0 Å². The van der Waals surface area contributed by atoms with E-state index in [1.54, 1.807) is 13.8 Å². The van der Waals surface area contributed by atoms with E-state index in [2.05, 4.69) is 32.6 Å². The van der Waals surface area contributed by atoms with Crippen LogP contribution in [0.15, 0.2) is 35.5 Å². The van der Waals surface area contributed by atoms with Crippen molar-refractivity contribution in [2.24, 2.45) is 17.3 Å². The van der Waals surface area contributed by atoms with Gasteiger partial charge in [-0.2, -0.15) is 0 Å². The second-order valence-corrected chi connectivity index (χ2v) is 10.5. The highest BCUT2D eigenvalue weighted by molar-refractivity contribution is 5.38. The fourth-order valence-electron chi connectivity index (χ4n) is 5.97. The van der Waals surface area contributed by atoms with Gasteiger partial charge in [-0.3, -0.25) is 0 Å². The number of aliphatic hydroxyl groups excluding tert-OH is 2. The van der Waals surface area contributed by atoms with Gasteiger partial charge in [-0.25, -0.2) is 0 Å². The summed E-state index contributed by atoms with van der Waals surface area (Å²) in [7, 11) is 0. The second kappa shape index (κ2) is 8.66. The Bertz CT molecular complexity index is 671. The molecule has 164 valence electrons. The number of ether oxygens (including phenoxy) is 1. The number of aliphatic hydroxyl groups is 3. The van der Waals surface area contributed by atoms with Crippen LogP contribution in [-0.4, -0.2) is 45.8 Å². The molecule has 29 heavy (non-hydrogen) atoms. The number of hydrogen-bond donors (Lipinski definition) is 3. The highest BCUT2D eigenvalue weighted by atomic mass is 16.5. The zero-order valence-corrected chi connectivity index (χ0v) is 18.7. The first-order valence-corrected chi connectivity index (χ1v) is 11.3. The summed E-state index contributed by atoms with van der Waals surface area (Å²) in [6, 6.07) is 0. The molecule has 4 nitrogen and oxygen atoms in total. The summed E-state index contributed by atoms with van der Waals surface area (Å²) >= 11 is 0. The van der Waals surface area contributed by atoms with Crippen molar-refractivity contribution in [1.29, 1.82) is 0 Å². The highest BCUT2D eigenvalue weighted by Crippen LogP contribution is 2.58. The minimum absolute atomic E-state index is 0.137. The van der Waals surface area contributed by atoms with Gasteiger partial charge in [-0.05, 0) is 87.7 Å². The Kier molecular flexibility index (Phi) is 6.79. The standard InChI is InChI=1S/C25H40O4/c1-16-19(13-20(26)14-23(16)27)9-8-18-7-6-12-25(5)21(10-11-22(18)25)17(2)29-15-24(3,4)28/h8-9,17,20-23,26-28H,1,6-7,10-15H2,2-5H3/b18-8+,19-9-/t17-,20+,21+,22-,23-,25+/m0/s1. The van der Waals surface area contributed by atoms with Gasteiger partial charge in [0.2, 0.25) is 0 Å². The van der Waals surface area contributed by atoms with E-state index < -0.39 is 17.8 Å². The summed E-state index contributed by atoms with van der Waals surface area (Å²) in [5.74, 6) is 1.05. The molecule has 3 N–H and O–H groups in total. The van der Waals surface area contributed by atoms with Gasteiger partial charge in [0.25, 0.3) is 0 Å². The molecule has 0 aromatic rings. The van der Waals surface area contributed by atoms with Crippen LogP contribution in [0.2, 0.25) is 0 Å². The number of allylic oxidation sites excluding steroid dienone is 3. The van der Waals surface area contributed by atoms with E-state index in [-0.39, 0.29) is 11.5 Å². The Morgan fingerprint density at radius 2 is 2.00 bits per heavy atom. The Morgan fingerprint density at radius 3 is 2.69 bits per heavy atom. The molecule has 0 heterocycles. The summed E-state index contributed by atoms with van der Waals surface area (Å²) in [5, 5.41) is 30.1. The van der Waals surface area contributed by atoms with E-state index >= 15 is 0 Å². The van der Waals surface area contributed by atoms with E-state index in [0.717, 1.165) is 24.0 Å². The quantitative estimate of drug-likeness (QED) is 0.639. The SMILES string of the molecule is C=C1/C(=C\C=C2/CCC[C@]3(C)[C@@H]([C@H](C)OCC(C)(C)O)CC[C@@H]23)C[C@@H](O)C[C@@H]1O. The van der Waals surface area contributed by atoms with Crippen LogP contribution in [0.4, 0.5) is 0 Å². The van der Waals surface area contributed by atoms with Gasteiger partial charge in [0, 0.05) is 6.42 Å². The molecule has 0 aliphatic heterocycles. The molecule has 0 spiro atoms. The lowest BCUT2D eigenvalue weighted by Gasteiger charge is -2.44. The molecule has 0 aromatic carbocycles. The van der Waals surface area contributed by atoms with Gasteiger partial charge in [0.15, 0.2) is 0 Å². The van der Waals surface area contributed by atoms with Crippen LogP contribution < -0.4 is 0 Å². The molecule has 0 saturated heterocycles. The number of rotatable bonds is 5. The first-order valence-electron chi connectivity index (χ1n) is 11.3. The molecule has 3 fully saturated rings.